The van der Waals surface area contributed by atoms with Crippen LogP contribution in [0.4, 0.5) is 0 Å². The molecule has 0 atom stereocenters. The highest BCUT2D eigenvalue weighted by molar-refractivity contribution is 9.10. The number of halogens is 1. The maximum atomic E-state index is 11.1. The number of sulfonamides is 1. The number of nitrogens with one attached hydrogen (secondary N) is 1. The molecule has 12 heavy (non-hydrogen) atoms. The molecule has 0 bridgehead atoms. The van der Waals surface area contributed by atoms with Gasteiger partial charge in [-0.05, 0) is 23.0 Å². The molecule has 0 saturated carbocycles. The third-order valence-corrected chi connectivity index (χ3v) is 2.85. The molecule has 0 aromatic carbocycles. The van der Waals surface area contributed by atoms with Crippen LogP contribution in [0.5, 0.6) is 0 Å². The Morgan fingerprint density at radius 1 is 1.42 bits per heavy atom. The minimum Gasteiger partial charge on any atom is -0.245 e. The topological polar surface area (TPSA) is 72.0 Å². The van der Waals surface area contributed by atoms with Crippen molar-refractivity contribution < 1.29 is 8.42 Å². The predicted octanol–water partition coefficient (Wildman–Crippen LogP) is 0.147. The van der Waals surface area contributed by atoms with Gasteiger partial charge in [0.1, 0.15) is 4.60 Å². The van der Waals surface area contributed by atoms with Gasteiger partial charge in [0.05, 0.1) is 12.4 Å². The van der Waals surface area contributed by atoms with Crippen molar-refractivity contribution in [3.63, 3.8) is 0 Å². The number of hydrogen-bond acceptors (Lipinski definition) is 4. The zero-order valence-corrected chi connectivity index (χ0v) is 8.55. The van der Waals surface area contributed by atoms with E-state index in [0.717, 1.165) is 0 Å². The quantitative estimate of drug-likeness (QED) is 0.813. The maximum Gasteiger partial charge on any atom is 0.259 e. The van der Waals surface area contributed by atoms with Gasteiger partial charge >= 0.3 is 0 Å². The molecule has 0 aliphatic rings. The first-order valence-electron chi connectivity index (χ1n) is 2.97. The van der Waals surface area contributed by atoms with Crippen molar-refractivity contribution in [2.45, 2.75) is 5.03 Å². The number of hydrogen-bond donors (Lipinski definition) is 1. The normalized spacial score (nSPS) is 11.5. The van der Waals surface area contributed by atoms with Gasteiger partial charge in [-0.15, -0.1) is 0 Å². The molecule has 0 saturated heterocycles. The summed E-state index contributed by atoms with van der Waals surface area (Å²) in [4.78, 5) is 7.39. The lowest BCUT2D eigenvalue weighted by Crippen LogP contribution is -2.19. The molecule has 1 aromatic heterocycles. The van der Waals surface area contributed by atoms with Gasteiger partial charge in [-0.3, -0.25) is 0 Å². The smallest absolute Gasteiger partial charge is 0.245 e. The maximum absolute atomic E-state index is 11.1. The summed E-state index contributed by atoms with van der Waals surface area (Å²) < 4.78 is 24.8. The third-order valence-electron chi connectivity index (χ3n) is 1.14. The predicted molar refractivity (Wildman–Crippen MR) is 46.0 cm³/mol. The Morgan fingerprint density at radius 2 is 2.08 bits per heavy atom. The van der Waals surface area contributed by atoms with E-state index in [1.165, 1.54) is 19.4 Å². The van der Waals surface area contributed by atoms with Gasteiger partial charge in [0.2, 0.25) is 0 Å². The first-order valence-corrected chi connectivity index (χ1v) is 5.25. The molecular weight excluding hydrogens is 246 g/mol. The van der Waals surface area contributed by atoms with Crippen LogP contribution in [0.3, 0.4) is 0 Å². The number of rotatable bonds is 2. The lowest BCUT2D eigenvalue weighted by atomic mass is 10.8. The van der Waals surface area contributed by atoms with E-state index in [-0.39, 0.29) is 5.03 Å². The molecule has 0 aliphatic carbocycles. The SMILES string of the molecule is CNS(=O)(=O)c1cnc(Br)cn1. The van der Waals surface area contributed by atoms with Gasteiger partial charge in [-0.25, -0.2) is 23.1 Å². The minimum absolute atomic E-state index is 0.0896. The fourth-order valence-electron chi connectivity index (χ4n) is 0.544. The molecule has 0 fully saturated rings. The van der Waals surface area contributed by atoms with Crippen LogP contribution in [0.1, 0.15) is 0 Å². The van der Waals surface area contributed by atoms with Crippen LogP contribution in [-0.2, 0) is 10.0 Å². The van der Waals surface area contributed by atoms with Gasteiger partial charge < -0.3 is 0 Å². The largest absolute Gasteiger partial charge is 0.259 e. The van der Waals surface area contributed by atoms with E-state index >= 15 is 0 Å². The van der Waals surface area contributed by atoms with Gasteiger partial charge in [-0.2, -0.15) is 0 Å². The molecule has 0 unspecified atom stereocenters. The molecule has 0 aliphatic heterocycles. The fraction of sp³-hybridized carbons (Fsp3) is 0.200. The molecule has 0 spiro atoms. The Morgan fingerprint density at radius 3 is 2.50 bits per heavy atom. The van der Waals surface area contributed by atoms with E-state index < -0.39 is 10.0 Å². The van der Waals surface area contributed by atoms with E-state index in [1.807, 2.05) is 0 Å². The summed E-state index contributed by atoms with van der Waals surface area (Å²) in [5.74, 6) is 0. The van der Waals surface area contributed by atoms with Crippen LogP contribution in [0.15, 0.2) is 22.0 Å². The summed E-state index contributed by atoms with van der Waals surface area (Å²) in [5.41, 5.74) is 0. The Labute approximate surface area is 78.4 Å². The van der Waals surface area contributed by atoms with Gasteiger partial charge in [0, 0.05) is 0 Å². The second-order valence-electron chi connectivity index (χ2n) is 1.88. The van der Waals surface area contributed by atoms with E-state index in [0.29, 0.717) is 4.60 Å². The van der Waals surface area contributed by atoms with Crippen molar-refractivity contribution in [1.82, 2.24) is 14.7 Å². The van der Waals surface area contributed by atoms with Crippen LogP contribution in [0, 0.1) is 0 Å². The molecule has 0 radical (unpaired) electrons. The highest BCUT2D eigenvalue weighted by Crippen LogP contribution is 2.06. The Balaban J connectivity index is 3.14. The Bertz CT molecular complexity index is 361. The first kappa shape index (κ1) is 9.56. The van der Waals surface area contributed by atoms with Crippen LogP contribution < -0.4 is 4.72 Å². The van der Waals surface area contributed by atoms with E-state index in [9.17, 15) is 8.42 Å². The molecule has 1 rings (SSSR count). The standard InChI is InChI=1S/C5H6BrN3O2S/c1-7-12(10,11)5-3-8-4(6)2-9-5/h2-3,7H,1H3. The fourth-order valence-corrected chi connectivity index (χ4v) is 1.34. The van der Waals surface area contributed by atoms with Crippen molar-refractivity contribution in [2.24, 2.45) is 0 Å². The van der Waals surface area contributed by atoms with Gasteiger partial charge in [-0.1, -0.05) is 0 Å². The van der Waals surface area contributed by atoms with Crippen molar-refractivity contribution in [2.75, 3.05) is 7.05 Å². The van der Waals surface area contributed by atoms with Crippen LogP contribution >= 0.6 is 15.9 Å². The zero-order chi connectivity index (χ0) is 9.19. The first-order chi connectivity index (χ1) is 5.56. The van der Waals surface area contributed by atoms with Crippen molar-refractivity contribution in [1.29, 1.82) is 0 Å². The minimum atomic E-state index is -3.46. The highest BCUT2D eigenvalue weighted by atomic mass is 79.9. The van der Waals surface area contributed by atoms with E-state index in [1.54, 1.807) is 0 Å². The zero-order valence-electron chi connectivity index (χ0n) is 6.15. The van der Waals surface area contributed by atoms with Gasteiger partial charge in [0.25, 0.3) is 10.0 Å². The summed E-state index contributed by atoms with van der Waals surface area (Å²) in [6.07, 6.45) is 2.50. The van der Waals surface area contributed by atoms with Crippen LogP contribution in [0.2, 0.25) is 0 Å². The molecule has 1 N–H and O–H groups in total. The number of nitrogens with zero attached hydrogens (tertiary/aromatic N) is 2. The Hall–Kier alpha value is -0.530. The van der Waals surface area contributed by atoms with Crippen molar-refractivity contribution in [3.05, 3.63) is 17.0 Å². The molecule has 1 heterocycles. The molecule has 5 nitrogen and oxygen atoms in total. The summed E-state index contributed by atoms with van der Waals surface area (Å²) in [6, 6.07) is 0. The second kappa shape index (κ2) is 3.46. The lowest BCUT2D eigenvalue weighted by molar-refractivity contribution is 0.583. The highest BCUT2D eigenvalue weighted by Gasteiger charge is 2.12. The summed E-state index contributed by atoms with van der Waals surface area (Å²) in [5, 5.41) is -0.0896. The average molecular weight is 252 g/mol. The molecule has 66 valence electrons. The molecular formula is C5H6BrN3O2S. The second-order valence-corrected chi connectivity index (χ2v) is 4.53. The third kappa shape index (κ3) is 1.99. The summed E-state index contributed by atoms with van der Waals surface area (Å²) in [7, 11) is -2.14. The molecule has 7 heteroatoms. The Kier molecular flexibility index (Phi) is 2.76. The summed E-state index contributed by atoms with van der Waals surface area (Å²) >= 11 is 3.05. The number of aromatic nitrogens is 2. The average Bonchev–Trinajstić information content (AvgIpc) is 2.05. The lowest BCUT2D eigenvalue weighted by Gasteiger charge is -1.99. The van der Waals surface area contributed by atoms with Crippen LogP contribution in [0.25, 0.3) is 0 Å². The van der Waals surface area contributed by atoms with Crippen LogP contribution in [-0.4, -0.2) is 25.4 Å². The van der Waals surface area contributed by atoms with Gasteiger partial charge in [0.15, 0.2) is 5.03 Å². The van der Waals surface area contributed by atoms with E-state index in [2.05, 4.69) is 30.6 Å². The summed E-state index contributed by atoms with van der Waals surface area (Å²) in [6.45, 7) is 0. The molecule has 0 amide bonds. The van der Waals surface area contributed by atoms with Crippen molar-refractivity contribution in [3.8, 4) is 0 Å². The molecule has 1 aromatic rings. The van der Waals surface area contributed by atoms with Crippen molar-refractivity contribution >= 4 is 26.0 Å². The van der Waals surface area contributed by atoms with E-state index in [4.69, 9.17) is 0 Å². The monoisotopic (exact) mass is 251 g/mol.